The number of hydrogen-bond acceptors (Lipinski definition) is 9. The van der Waals surface area contributed by atoms with E-state index in [-0.39, 0.29) is 11.4 Å². The van der Waals surface area contributed by atoms with Crippen molar-refractivity contribution in [2.75, 3.05) is 13.2 Å². The summed E-state index contributed by atoms with van der Waals surface area (Å²) < 4.78 is 43.9. The molecule has 6 N–H and O–H groups in total. The summed E-state index contributed by atoms with van der Waals surface area (Å²) in [6, 6.07) is 0.542. The second-order valence-electron chi connectivity index (χ2n) is 6.62. The van der Waals surface area contributed by atoms with Crippen molar-refractivity contribution in [2.24, 2.45) is 5.73 Å². The van der Waals surface area contributed by atoms with Gasteiger partial charge >= 0.3 is 7.82 Å². The van der Waals surface area contributed by atoms with Gasteiger partial charge in [0.25, 0.3) is 5.56 Å². The Kier molecular flexibility index (Phi) is 6.71. The van der Waals surface area contributed by atoms with Gasteiger partial charge in [0.2, 0.25) is 0 Å². The van der Waals surface area contributed by atoms with E-state index in [1.807, 2.05) is 6.92 Å². The van der Waals surface area contributed by atoms with Gasteiger partial charge in [0.1, 0.15) is 17.8 Å². The molecule has 6 atom stereocenters. The summed E-state index contributed by atoms with van der Waals surface area (Å²) in [5, 5.41) is 21.2. The SMILES string of the molecule is [2H]C([2H])(OP(=O)(O)OC[C@H](N)CCC)[C@H]1O[C@@H](n2ccc(=O)[nH]c2=S)C(C)(O)[C@H]1O. The number of nitrogens with two attached hydrogens (primary N) is 1. The second kappa shape index (κ2) is 9.24. The Morgan fingerprint density at radius 2 is 2.29 bits per heavy atom. The van der Waals surface area contributed by atoms with E-state index in [1.54, 1.807) is 0 Å². The molecule has 2 heterocycles. The van der Waals surface area contributed by atoms with E-state index >= 15 is 0 Å². The molecule has 1 fully saturated rings. The quantitative estimate of drug-likeness (QED) is 0.263. The minimum absolute atomic E-state index is 0.150. The van der Waals surface area contributed by atoms with Gasteiger partial charge in [-0.3, -0.25) is 23.4 Å². The predicted molar refractivity (Wildman–Crippen MR) is 101 cm³/mol. The lowest BCUT2D eigenvalue weighted by atomic mass is 9.96. The van der Waals surface area contributed by atoms with Crippen molar-refractivity contribution < 1.29 is 36.2 Å². The molecule has 160 valence electrons. The van der Waals surface area contributed by atoms with Crippen molar-refractivity contribution in [1.82, 2.24) is 9.55 Å². The molecule has 0 aliphatic carbocycles. The minimum atomic E-state index is -4.92. The van der Waals surface area contributed by atoms with Crippen molar-refractivity contribution in [3.05, 3.63) is 27.4 Å². The molecule has 13 heteroatoms. The van der Waals surface area contributed by atoms with Gasteiger partial charge in [-0.25, -0.2) is 4.57 Å². The summed E-state index contributed by atoms with van der Waals surface area (Å²) in [6.07, 6.45) is -2.80. The van der Waals surface area contributed by atoms with E-state index in [4.69, 9.17) is 30.0 Å². The molecule has 0 amide bonds. The highest BCUT2D eigenvalue weighted by Crippen LogP contribution is 2.45. The topological polar surface area (TPSA) is 169 Å². The van der Waals surface area contributed by atoms with E-state index < -0.39 is 50.0 Å². The fourth-order valence-corrected chi connectivity index (χ4v) is 3.57. The molecule has 1 aliphatic heterocycles. The van der Waals surface area contributed by atoms with E-state index in [0.29, 0.717) is 12.8 Å². The van der Waals surface area contributed by atoms with Crippen LogP contribution in [0.4, 0.5) is 0 Å². The maximum atomic E-state index is 12.2. The largest absolute Gasteiger partial charge is 0.472 e. The lowest BCUT2D eigenvalue weighted by Gasteiger charge is -2.27. The van der Waals surface area contributed by atoms with Gasteiger partial charge in [-0.15, -0.1) is 0 Å². The first-order valence-electron chi connectivity index (χ1n) is 9.52. The second-order valence-corrected chi connectivity index (χ2v) is 8.38. The first-order valence-corrected chi connectivity index (χ1v) is 10.4. The van der Waals surface area contributed by atoms with Crippen LogP contribution in [0.25, 0.3) is 0 Å². The summed E-state index contributed by atoms with van der Waals surface area (Å²) in [7, 11) is -4.92. The van der Waals surface area contributed by atoms with E-state index in [9.17, 15) is 24.5 Å². The Morgan fingerprint density at radius 1 is 1.61 bits per heavy atom. The number of ether oxygens (including phenoxy) is 1. The van der Waals surface area contributed by atoms with Crippen LogP contribution >= 0.6 is 20.0 Å². The number of nitrogens with one attached hydrogen (secondary N) is 1. The van der Waals surface area contributed by atoms with Crippen molar-refractivity contribution in [1.29, 1.82) is 0 Å². The summed E-state index contributed by atoms with van der Waals surface area (Å²) in [5.41, 5.74) is 3.09. The van der Waals surface area contributed by atoms with Crippen LogP contribution in [0.3, 0.4) is 0 Å². The van der Waals surface area contributed by atoms with Crippen LogP contribution in [0.1, 0.15) is 35.7 Å². The van der Waals surface area contributed by atoms with E-state index in [1.165, 1.54) is 6.20 Å². The Bertz CT molecular complexity index is 910. The number of aliphatic hydroxyl groups excluding tert-OH is 1. The normalized spacial score (nSPS) is 32.4. The van der Waals surface area contributed by atoms with Crippen molar-refractivity contribution in [3.63, 3.8) is 0 Å². The Labute approximate surface area is 169 Å². The number of aromatic amines is 1. The number of hydrogen-bond donors (Lipinski definition) is 5. The van der Waals surface area contributed by atoms with Gasteiger partial charge in [-0.1, -0.05) is 13.3 Å². The molecule has 11 nitrogen and oxygen atoms in total. The van der Waals surface area contributed by atoms with Crippen LogP contribution in [0.5, 0.6) is 0 Å². The van der Waals surface area contributed by atoms with Gasteiger partial charge in [0, 0.05) is 18.3 Å². The predicted octanol–water partition coefficient (Wildman–Crippen LogP) is 0.176. The van der Waals surface area contributed by atoms with Gasteiger partial charge in [-0.2, -0.15) is 0 Å². The molecule has 0 aromatic carbocycles. The maximum absolute atomic E-state index is 12.2. The molecule has 0 spiro atoms. The zero-order valence-corrected chi connectivity index (χ0v) is 17.1. The standard InChI is InChI=1S/C15H26N3O8PS/c1-3-4-9(16)7-24-27(22,23)25-8-10-12(20)15(2,21)13(26-10)18-6-5-11(19)17-14(18)28/h5-6,9-10,12-13,20-21H,3-4,7-8,16H2,1-2H3,(H,22,23)(H,17,19,28)/t9-,10-,12+,13-,15?/m1/s1/i8D2. The van der Waals surface area contributed by atoms with Crippen LogP contribution in [-0.2, 0) is 18.3 Å². The highest BCUT2D eigenvalue weighted by Gasteiger charge is 2.53. The monoisotopic (exact) mass is 441 g/mol. The van der Waals surface area contributed by atoms with Gasteiger partial charge < -0.3 is 25.6 Å². The van der Waals surface area contributed by atoms with Crippen LogP contribution in [0.15, 0.2) is 17.1 Å². The third kappa shape index (κ3) is 5.56. The fraction of sp³-hybridized carbons (Fsp3) is 0.733. The number of phosphoric ester groups is 1. The minimum Gasteiger partial charge on any atom is -0.387 e. The number of phosphoric acid groups is 1. The smallest absolute Gasteiger partial charge is 0.387 e. The molecule has 1 aliphatic rings. The molecular weight excluding hydrogens is 413 g/mol. The molecule has 0 saturated carbocycles. The highest BCUT2D eigenvalue weighted by molar-refractivity contribution is 7.71. The number of rotatable bonds is 9. The van der Waals surface area contributed by atoms with Crippen LogP contribution in [-0.4, -0.2) is 61.7 Å². The van der Waals surface area contributed by atoms with E-state index in [2.05, 4.69) is 9.51 Å². The lowest BCUT2D eigenvalue weighted by Crippen LogP contribution is -2.44. The summed E-state index contributed by atoms with van der Waals surface area (Å²) in [5.74, 6) is 0. The number of aliphatic hydroxyl groups is 2. The zero-order chi connectivity index (χ0) is 22.9. The third-order valence-electron chi connectivity index (χ3n) is 4.16. The Balaban J connectivity index is 2.22. The molecule has 28 heavy (non-hydrogen) atoms. The van der Waals surface area contributed by atoms with E-state index in [0.717, 1.165) is 17.6 Å². The Hall–Kier alpha value is -0.950. The molecule has 2 rings (SSSR count). The molecule has 2 unspecified atom stereocenters. The summed E-state index contributed by atoms with van der Waals surface area (Å²) in [6.45, 7) is -0.381. The molecular formula is C15H26N3O8PS. The number of aromatic nitrogens is 2. The summed E-state index contributed by atoms with van der Waals surface area (Å²) in [4.78, 5) is 23.5. The van der Waals surface area contributed by atoms with Gasteiger partial charge in [-0.05, 0) is 25.6 Å². The van der Waals surface area contributed by atoms with Crippen molar-refractivity contribution >= 4 is 20.0 Å². The van der Waals surface area contributed by atoms with Gasteiger partial charge in [0.15, 0.2) is 11.0 Å². The van der Waals surface area contributed by atoms with Crippen molar-refractivity contribution in [2.45, 2.75) is 56.8 Å². The molecule has 0 bridgehead atoms. The molecule has 1 aromatic rings. The number of nitrogens with zero attached hydrogens (tertiary/aromatic N) is 1. The average molecular weight is 441 g/mol. The maximum Gasteiger partial charge on any atom is 0.472 e. The third-order valence-corrected chi connectivity index (χ3v) is 5.28. The highest BCUT2D eigenvalue weighted by atomic mass is 32.1. The fourth-order valence-electron chi connectivity index (χ4n) is 2.64. The summed E-state index contributed by atoms with van der Waals surface area (Å²) >= 11 is 5.01. The Morgan fingerprint density at radius 3 is 2.89 bits per heavy atom. The molecule has 1 saturated heterocycles. The van der Waals surface area contributed by atoms with Gasteiger partial charge in [0.05, 0.1) is 15.9 Å². The first kappa shape index (κ1) is 20.3. The average Bonchev–Trinajstić information content (AvgIpc) is 2.84. The zero-order valence-electron chi connectivity index (χ0n) is 17.3. The van der Waals surface area contributed by atoms with Crippen LogP contribution in [0.2, 0.25) is 0 Å². The van der Waals surface area contributed by atoms with Crippen LogP contribution in [0, 0.1) is 4.77 Å². The first-order chi connectivity index (χ1) is 13.7. The molecule has 0 radical (unpaired) electrons. The number of H-pyrrole nitrogens is 1. The lowest BCUT2D eigenvalue weighted by molar-refractivity contribution is -0.0978. The van der Waals surface area contributed by atoms with Crippen LogP contribution < -0.4 is 11.3 Å². The van der Waals surface area contributed by atoms with Crippen molar-refractivity contribution in [3.8, 4) is 0 Å². The molecule has 1 aromatic heterocycles.